The van der Waals surface area contributed by atoms with Crippen LogP contribution in [0.15, 0.2) is 12.1 Å². The zero-order valence-electron chi connectivity index (χ0n) is 8.69. The van der Waals surface area contributed by atoms with E-state index in [4.69, 9.17) is 5.11 Å². The molecule has 4 heteroatoms. The van der Waals surface area contributed by atoms with Gasteiger partial charge in [-0.2, -0.15) is 0 Å². The summed E-state index contributed by atoms with van der Waals surface area (Å²) in [7, 11) is 0. The molecule has 16 heavy (non-hydrogen) atoms. The van der Waals surface area contributed by atoms with Crippen molar-refractivity contribution in [2.24, 2.45) is 0 Å². The molecule has 0 bridgehead atoms. The summed E-state index contributed by atoms with van der Waals surface area (Å²) >= 11 is 0. The number of nitrogens with zero attached hydrogens (tertiary/aromatic N) is 1. The zero-order valence-corrected chi connectivity index (χ0v) is 8.69. The van der Waals surface area contributed by atoms with Crippen LogP contribution in [0.4, 0.5) is 5.69 Å². The lowest BCUT2D eigenvalue weighted by atomic mass is 9.97. The van der Waals surface area contributed by atoms with Crippen LogP contribution in [-0.2, 0) is 17.6 Å². The Labute approximate surface area is 92.5 Å². The molecule has 0 spiro atoms. The number of carbonyl (C=O) groups excluding carboxylic acids is 1. The van der Waals surface area contributed by atoms with Crippen molar-refractivity contribution in [2.45, 2.75) is 19.3 Å². The lowest BCUT2D eigenvalue weighted by Gasteiger charge is -2.25. The molecule has 1 amide bonds. The number of benzene rings is 1. The molecular weight excluding hydrogens is 206 g/mol. The van der Waals surface area contributed by atoms with Crippen LogP contribution in [0.1, 0.15) is 27.9 Å². The molecule has 0 atom stereocenters. The topological polar surface area (TPSA) is 57.6 Å². The van der Waals surface area contributed by atoms with Crippen LogP contribution in [-0.4, -0.2) is 23.5 Å². The highest BCUT2D eigenvalue weighted by atomic mass is 16.4. The highest BCUT2D eigenvalue weighted by Crippen LogP contribution is 2.37. The van der Waals surface area contributed by atoms with Crippen molar-refractivity contribution in [2.75, 3.05) is 11.4 Å². The van der Waals surface area contributed by atoms with Gasteiger partial charge in [0.1, 0.15) is 0 Å². The number of amides is 1. The van der Waals surface area contributed by atoms with Crippen LogP contribution in [0.2, 0.25) is 0 Å². The highest BCUT2D eigenvalue weighted by molar-refractivity contribution is 6.04. The van der Waals surface area contributed by atoms with Crippen molar-refractivity contribution in [1.29, 1.82) is 0 Å². The minimum absolute atomic E-state index is 0.0958. The van der Waals surface area contributed by atoms with Gasteiger partial charge in [-0.25, -0.2) is 4.79 Å². The van der Waals surface area contributed by atoms with Crippen molar-refractivity contribution < 1.29 is 14.7 Å². The van der Waals surface area contributed by atoms with E-state index < -0.39 is 5.97 Å². The van der Waals surface area contributed by atoms with E-state index in [2.05, 4.69) is 0 Å². The van der Waals surface area contributed by atoms with Gasteiger partial charge in [-0.3, -0.25) is 4.79 Å². The second-order valence-corrected chi connectivity index (χ2v) is 4.27. The molecule has 2 heterocycles. The van der Waals surface area contributed by atoms with E-state index in [1.807, 2.05) is 0 Å². The van der Waals surface area contributed by atoms with E-state index in [1.54, 1.807) is 17.0 Å². The van der Waals surface area contributed by atoms with Gasteiger partial charge < -0.3 is 10.0 Å². The number of aryl methyl sites for hydroxylation is 1. The molecule has 1 aromatic carbocycles. The Morgan fingerprint density at radius 3 is 2.81 bits per heavy atom. The third-order valence-corrected chi connectivity index (χ3v) is 3.26. The molecule has 0 aliphatic carbocycles. The van der Waals surface area contributed by atoms with Gasteiger partial charge in [-0.05, 0) is 36.1 Å². The molecule has 0 saturated heterocycles. The molecule has 4 nitrogen and oxygen atoms in total. The number of hydrogen-bond acceptors (Lipinski definition) is 2. The zero-order chi connectivity index (χ0) is 11.3. The average Bonchev–Trinajstić information content (AvgIpc) is 2.58. The predicted octanol–water partition coefficient (Wildman–Crippen LogP) is 1.22. The van der Waals surface area contributed by atoms with Gasteiger partial charge in [0.15, 0.2) is 0 Å². The van der Waals surface area contributed by atoms with Crippen molar-refractivity contribution in [3.05, 3.63) is 28.8 Å². The minimum Gasteiger partial charge on any atom is -0.478 e. The maximum atomic E-state index is 11.7. The predicted molar refractivity (Wildman–Crippen MR) is 57.8 cm³/mol. The van der Waals surface area contributed by atoms with Crippen molar-refractivity contribution in [1.82, 2.24) is 0 Å². The van der Waals surface area contributed by atoms with Crippen LogP contribution in [0, 0.1) is 0 Å². The quantitative estimate of drug-likeness (QED) is 0.769. The van der Waals surface area contributed by atoms with Gasteiger partial charge in [-0.1, -0.05) is 0 Å². The SMILES string of the molecule is O=C(O)c1cc2c3c(c1)CC(=O)N3CCC2. The standard InChI is InChI=1S/C12H11NO3/c14-10-6-8-5-9(12(15)16)4-7-2-1-3-13(10)11(7)8/h4-5H,1-3,6H2,(H,15,16). The number of hydrogen-bond donors (Lipinski definition) is 1. The van der Waals surface area contributed by atoms with E-state index in [9.17, 15) is 9.59 Å². The van der Waals surface area contributed by atoms with Gasteiger partial charge in [-0.15, -0.1) is 0 Å². The van der Waals surface area contributed by atoms with E-state index in [-0.39, 0.29) is 5.91 Å². The number of anilines is 1. The first kappa shape index (κ1) is 9.39. The fraction of sp³-hybridized carbons (Fsp3) is 0.333. The molecule has 0 saturated carbocycles. The Hall–Kier alpha value is -1.84. The second kappa shape index (κ2) is 3.07. The first-order valence-corrected chi connectivity index (χ1v) is 5.36. The van der Waals surface area contributed by atoms with Crippen LogP contribution >= 0.6 is 0 Å². The van der Waals surface area contributed by atoms with Crippen molar-refractivity contribution in [3.63, 3.8) is 0 Å². The first-order chi connectivity index (χ1) is 7.66. The summed E-state index contributed by atoms with van der Waals surface area (Å²) in [6.07, 6.45) is 2.14. The fourth-order valence-electron chi connectivity index (χ4n) is 2.60. The highest BCUT2D eigenvalue weighted by Gasteiger charge is 2.32. The molecule has 1 aromatic rings. The fourth-order valence-corrected chi connectivity index (χ4v) is 2.60. The normalized spacial score (nSPS) is 17.5. The average molecular weight is 217 g/mol. The minimum atomic E-state index is -0.921. The number of aromatic carboxylic acids is 1. The summed E-state index contributed by atoms with van der Waals surface area (Å²) < 4.78 is 0. The molecule has 82 valence electrons. The molecule has 0 aromatic heterocycles. The Bertz CT molecular complexity index is 507. The van der Waals surface area contributed by atoms with Crippen LogP contribution in [0.5, 0.6) is 0 Å². The van der Waals surface area contributed by atoms with E-state index in [1.165, 1.54) is 0 Å². The summed E-state index contributed by atoms with van der Waals surface area (Å²) in [5, 5.41) is 8.99. The summed E-state index contributed by atoms with van der Waals surface area (Å²) in [5.74, 6) is -0.825. The summed E-state index contributed by atoms with van der Waals surface area (Å²) in [6.45, 7) is 0.769. The van der Waals surface area contributed by atoms with E-state index in [0.717, 1.165) is 36.2 Å². The van der Waals surface area contributed by atoms with Crippen molar-refractivity contribution in [3.8, 4) is 0 Å². The van der Waals surface area contributed by atoms with Gasteiger partial charge in [0, 0.05) is 6.54 Å². The lowest BCUT2D eigenvalue weighted by Crippen LogP contribution is -2.31. The third kappa shape index (κ3) is 1.16. The monoisotopic (exact) mass is 217 g/mol. The Kier molecular flexibility index (Phi) is 1.80. The largest absolute Gasteiger partial charge is 0.478 e. The molecule has 2 aliphatic rings. The molecule has 0 unspecified atom stereocenters. The number of carboxylic acid groups (broad SMARTS) is 1. The summed E-state index contributed by atoms with van der Waals surface area (Å²) in [6, 6.07) is 3.33. The molecule has 3 rings (SSSR count). The lowest BCUT2D eigenvalue weighted by molar-refractivity contribution is -0.117. The van der Waals surface area contributed by atoms with Crippen LogP contribution in [0.25, 0.3) is 0 Å². The third-order valence-electron chi connectivity index (χ3n) is 3.26. The number of carboxylic acids is 1. The molecule has 0 fully saturated rings. The maximum Gasteiger partial charge on any atom is 0.335 e. The second-order valence-electron chi connectivity index (χ2n) is 4.27. The number of rotatable bonds is 1. The Balaban J connectivity index is 2.21. The Morgan fingerprint density at radius 2 is 2.06 bits per heavy atom. The molecule has 0 radical (unpaired) electrons. The maximum absolute atomic E-state index is 11.7. The Morgan fingerprint density at radius 1 is 1.31 bits per heavy atom. The summed E-state index contributed by atoms with van der Waals surface area (Å²) in [5.41, 5.74) is 3.15. The van der Waals surface area contributed by atoms with Crippen LogP contribution < -0.4 is 4.90 Å². The number of carbonyl (C=O) groups is 2. The summed E-state index contributed by atoms with van der Waals surface area (Å²) in [4.78, 5) is 24.5. The van der Waals surface area contributed by atoms with E-state index in [0.29, 0.717) is 12.0 Å². The van der Waals surface area contributed by atoms with E-state index >= 15 is 0 Å². The van der Waals surface area contributed by atoms with Gasteiger partial charge in [0.2, 0.25) is 5.91 Å². The molecule has 2 aliphatic heterocycles. The van der Waals surface area contributed by atoms with Crippen LogP contribution in [0.3, 0.4) is 0 Å². The van der Waals surface area contributed by atoms with Gasteiger partial charge in [0.25, 0.3) is 0 Å². The smallest absolute Gasteiger partial charge is 0.335 e. The molecule has 1 N–H and O–H groups in total. The first-order valence-electron chi connectivity index (χ1n) is 5.36. The van der Waals surface area contributed by atoms with Gasteiger partial charge >= 0.3 is 5.97 Å². The van der Waals surface area contributed by atoms with Crippen molar-refractivity contribution >= 4 is 17.6 Å². The van der Waals surface area contributed by atoms with Gasteiger partial charge in [0.05, 0.1) is 17.7 Å². The molecular formula is C12H11NO3.